The number of carbonyl (C=O) groups is 1. The first-order valence-corrected chi connectivity index (χ1v) is 7.88. The van der Waals surface area contributed by atoms with Crippen molar-refractivity contribution in [2.24, 2.45) is 0 Å². The molecular formula is C15H16ClFN2O2S. The number of hydrogen-bond donors (Lipinski definition) is 3. The number of aliphatic hydroxyl groups excluding tert-OH is 1. The predicted molar refractivity (Wildman–Crippen MR) is 85.6 cm³/mol. The molecular weight excluding hydrogens is 327 g/mol. The Morgan fingerprint density at radius 3 is 2.59 bits per heavy atom. The molecule has 0 saturated carbocycles. The molecule has 2 unspecified atom stereocenters. The molecule has 0 bridgehead atoms. The summed E-state index contributed by atoms with van der Waals surface area (Å²) >= 11 is 7.25. The highest BCUT2D eigenvalue weighted by Crippen LogP contribution is 2.26. The van der Waals surface area contributed by atoms with Gasteiger partial charge in [-0.25, -0.2) is 9.18 Å². The number of carbonyl (C=O) groups excluding carboxylic acids is 1. The van der Waals surface area contributed by atoms with Crippen LogP contribution in [-0.2, 0) is 0 Å². The van der Waals surface area contributed by atoms with Crippen molar-refractivity contribution in [3.8, 4) is 0 Å². The highest BCUT2D eigenvalue weighted by atomic mass is 35.5. The second kappa shape index (κ2) is 7.58. The fourth-order valence-corrected chi connectivity index (χ4v) is 2.94. The molecule has 1 aromatic heterocycles. The SMILES string of the molecule is CC(NC(=O)NCC(O)c1ccc(F)cc1)c1ccc(Cl)s1. The largest absolute Gasteiger partial charge is 0.387 e. The first-order valence-electron chi connectivity index (χ1n) is 6.69. The van der Waals surface area contributed by atoms with E-state index < -0.39 is 12.1 Å². The lowest BCUT2D eigenvalue weighted by atomic mass is 10.1. The van der Waals surface area contributed by atoms with E-state index in [0.717, 1.165) is 4.88 Å². The van der Waals surface area contributed by atoms with Crippen LogP contribution in [0.5, 0.6) is 0 Å². The first-order chi connectivity index (χ1) is 10.5. The Hall–Kier alpha value is -1.63. The van der Waals surface area contributed by atoms with E-state index in [1.807, 2.05) is 13.0 Å². The monoisotopic (exact) mass is 342 g/mol. The molecule has 0 saturated heterocycles. The van der Waals surface area contributed by atoms with Gasteiger partial charge in [-0.2, -0.15) is 0 Å². The smallest absolute Gasteiger partial charge is 0.315 e. The minimum absolute atomic E-state index is 0.0371. The molecule has 22 heavy (non-hydrogen) atoms. The van der Waals surface area contributed by atoms with Crippen molar-refractivity contribution < 1.29 is 14.3 Å². The fourth-order valence-electron chi connectivity index (χ4n) is 1.87. The van der Waals surface area contributed by atoms with Crippen molar-refractivity contribution in [1.82, 2.24) is 10.6 Å². The van der Waals surface area contributed by atoms with E-state index in [0.29, 0.717) is 9.90 Å². The van der Waals surface area contributed by atoms with Gasteiger partial charge in [0.25, 0.3) is 0 Å². The molecule has 7 heteroatoms. The molecule has 0 aliphatic heterocycles. The van der Waals surface area contributed by atoms with Crippen LogP contribution in [-0.4, -0.2) is 17.7 Å². The van der Waals surface area contributed by atoms with E-state index in [-0.39, 0.29) is 18.4 Å². The number of amides is 2. The van der Waals surface area contributed by atoms with Crippen LogP contribution < -0.4 is 10.6 Å². The van der Waals surface area contributed by atoms with Gasteiger partial charge in [-0.1, -0.05) is 23.7 Å². The highest BCUT2D eigenvalue weighted by molar-refractivity contribution is 7.16. The summed E-state index contributed by atoms with van der Waals surface area (Å²) in [6.45, 7) is 1.88. The maximum Gasteiger partial charge on any atom is 0.315 e. The zero-order valence-electron chi connectivity index (χ0n) is 11.8. The molecule has 2 atom stereocenters. The van der Waals surface area contributed by atoms with Crippen molar-refractivity contribution in [3.05, 3.63) is 57.0 Å². The second-order valence-electron chi connectivity index (χ2n) is 4.79. The molecule has 3 N–H and O–H groups in total. The number of hydrogen-bond acceptors (Lipinski definition) is 3. The number of urea groups is 1. The predicted octanol–water partition coefficient (Wildman–Crippen LogP) is 3.63. The Balaban J connectivity index is 1.81. The maximum absolute atomic E-state index is 12.8. The zero-order chi connectivity index (χ0) is 16.1. The van der Waals surface area contributed by atoms with Crippen molar-refractivity contribution in [3.63, 3.8) is 0 Å². The van der Waals surface area contributed by atoms with Crippen LogP contribution in [0.2, 0.25) is 4.34 Å². The lowest BCUT2D eigenvalue weighted by Crippen LogP contribution is -2.38. The number of nitrogens with one attached hydrogen (secondary N) is 2. The molecule has 4 nitrogen and oxygen atoms in total. The van der Waals surface area contributed by atoms with Gasteiger partial charge in [0.15, 0.2) is 0 Å². The summed E-state index contributed by atoms with van der Waals surface area (Å²) in [5, 5.41) is 15.3. The summed E-state index contributed by atoms with van der Waals surface area (Å²) < 4.78 is 13.5. The van der Waals surface area contributed by atoms with E-state index >= 15 is 0 Å². The molecule has 0 spiro atoms. The van der Waals surface area contributed by atoms with Crippen LogP contribution in [0.1, 0.15) is 29.5 Å². The molecule has 2 rings (SSSR count). The molecule has 0 aliphatic rings. The van der Waals surface area contributed by atoms with E-state index in [2.05, 4.69) is 10.6 Å². The topological polar surface area (TPSA) is 61.4 Å². The zero-order valence-corrected chi connectivity index (χ0v) is 13.4. The Labute approximate surface area is 136 Å². The van der Waals surface area contributed by atoms with Crippen molar-refractivity contribution in [2.45, 2.75) is 19.1 Å². The third-order valence-corrected chi connectivity index (χ3v) is 4.49. The Morgan fingerprint density at radius 2 is 2.00 bits per heavy atom. The average molecular weight is 343 g/mol. The third kappa shape index (κ3) is 4.69. The molecule has 0 radical (unpaired) electrons. The lowest BCUT2D eigenvalue weighted by Gasteiger charge is -2.15. The molecule has 0 aliphatic carbocycles. The molecule has 2 aromatic rings. The van der Waals surface area contributed by atoms with Crippen LogP contribution >= 0.6 is 22.9 Å². The van der Waals surface area contributed by atoms with Crippen LogP contribution in [0.3, 0.4) is 0 Å². The van der Waals surface area contributed by atoms with Crippen LogP contribution in [0, 0.1) is 5.82 Å². The van der Waals surface area contributed by atoms with Crippen molar-refractivity contribution >= 4 is 29.0 Å². The first kappa shape index (κ1) is 16.7. The van der Waals surface area contributed by atoms with E-state index in [1.54, 1.807) is 6.07 Å². The van der Waals surface area contributed by atoms with Crippen molar-refractivity contribution in [1.29, 1.82) is 0 Å². The highest BCUT2D eigenvalue weighted by Gasteiger charge is 2.13. The summed E-state index contributed by atoms with van der Waals surface area (Å²) in [4.78, 5) is 12.7. The van der Waals surface area contributed by atoms with Crippen LogP contribution in [0.15, 0.2) is 36.4 Å². The normalized spacial score (nSPS) is 13.5. The van der Waals surface area contributed by atoms with Crippen LogP contribution in [0.25, 0.3) is 0 Å². The molecule has 0 fully saturated rings. The Bertz CT molecular complexity index is 633. The van der Waals surface area contributed by atoms with Crippen molar-refractivity contribution in [2.75, 3.05) is 6.54 Å². The van der Waals surface area contributed by atoms with E-state index in [1.165, 1.54) is 35.6 Å². The van der Waals surface area contributed by atoms with Gasteiger partial charge in [0.05, 0.1) is 16.5 Å². The summed E-state index contributed by atoms with van der Waals surface area (Å²) in [6, 6.07) is 8.55. The quantitative estimate of drug-likeness (QED) is 0.777. The van der Waals surface area contributed by atoms with Gasteiger partial charge in [0, 0.05) is 11.4 Å². The van der Waals surface area contributed by atoms with Gasteiger partial charge in [0.2, 0.25) is 0 Å². The number of aliphatic hydroxyl groups is 1. The number of halogens is 2. The summed E-state index contributed by atoms with van der Waals surface area (Å²) in [6.07, 6.45) is -0.891. The molecule has 118 valence electrons. The summed E-state index contributed by atoms with van der Waals surface area (Å²) in [5.41, 5.74) is 0.541. The second-order valence-corrected chi connectivity index (χ2v) is 6.53. The average Bonchev–Trinajstić information content (AvgIpc) is 2.92. The standard InChI is InChI=1S/C15H16ClFN2O2S/c1-9(13-6-7-14(16)22-13)19-15(21)18-8-12(20)10-2-4-11(17)5-3-10/h2-7,9,12,20H,8H2,1H3,(H2,18,19,21). The van der Waals surface area contributed by atoms with E-state index in [9.17, 15) is 14.3 Å². The van der Waals surface area contributed by atoms with Gasteiger partial charge in [-0.15, -0.1) is 11.3 Å². The summed E-state index contributed by atoms with van der Waals surface area (Å²) in [7, 11) is 0. The Morgan fingerprint density at radius 1 is 1.32 bits per heavy atom. The minimum atomic E-state index is -0.891. The number of rotatable bonds is 5. The molecule has 1 heterocycles. The molecule has 1 aromatic carbocycles. The van der Waals surface area contributed by atoms with Crippen LogP contribution in [0.4, 0.5) is 9.18 Å². The fraction of sp³-hybridized carbons (Fsp3) is 0.267. The van der Waals surface area contributed by atoms with Gasteiger partial charge in [-0.3, -0.25) is 0 Å². The third-order valence-electron chi connectivity index (χ3n) is 3.08. The van der Waals surface area contributed by atoms with E-state index in [4.69, 9.17) is 11.6 Å². The van der Waals surface area contributed by atoms with Gasteiger partial charge < -0.3 is 15.7 Å². The summed E-state index contributed by atoms with van der Waals surface area (Å²) in [5.74, 6) is -0.370. The number of thiophene rings is 1. The van der Waals surface area contributed by atoms with Gasteiger partial charge >= 0.3 is 6.03 Å². The lowest BCUT2D eigenvalue weighted by molar-refractivity contribution is 0.172. The van der Waals surface area contributed by atoms with Gasteiger partial charge in [-0.05, 0) is 36.8 Å². The molecule has 2 amide bonds. The number of benzene rings is 1. The maximum atomic E-state index is 12.8. The van der Waals surface area contributed by atoms with Gasteiger partial charge in [0.1, 0.15) is 5.82 Å². The minimum Gasteiger partial charge on any atom is -0.387 e. The Kier molecular flexibility index (Phi) is 5.76.